The molecule has 134 valence electrons. The van der Waals surface area contributed by atoms with E-state index in [2.05, 4.69) is 4.72 Å². The topological polar surface area (TPSA) is 88.8 Å². The fraction of sp³-hybridized carbons (Fsp3) is 0.353. The van der Waals surface area contributed by atoms with Crippen LogP contribution in [0.1, 0.15) is 21.7 Å². The smallest absolute Gasteiger partial charge is 0.254 e. The summed E-state index contributed by atoms with van der Waals surface area (Å²) in [7, 11) is -3.75. The van der Waals surface area contributed by atoms with Gasteiger partial charge in [0.15, 0.2) is 0 Å². The molecule has 1 aromatic carbocycles. The van der Waals surface area contributed by atoms with E-state index in [1.165, 1.54) is 18.4 Å². The first-order chi connectivity index (χ1) is 12.0. The molecule has 0 atom stereocenters. The van der Waals surface area contributed by atoms with Gasteiger partial charge in [-0.15, -0.1) is 0 Å². The quantitative estimate of drug-likeness (QED) is 0.869. The van der Waals surface area contributed by atoms with Crippen LogP contribution in [0.4, 0.5) is 0 Å². The molecule has 1 amide bonds. The minimum Gasteiger partial charge on any atom is -0.468 e. The molecule has 1 saturated heterocycles. The Hall–Kier alpha value is -2.16. The highest BCUT2D eigenvalue weighted by atomic mass is 32.2. The predicted molar refractivity (Wildman–Crippen MR) is 90.6 cm³/mol. The third-order valence-corrected chi connectivity index (χ3v) is 5.46. The molecule has 0 aliphatic carbocycles. The molecule has 0 spiro atoms. The standard InChI is InChI=1S/C17H20N2O5S/c1-13-4-5-15(25(21,22)18-12-14-3-2-8-24-14)11-16(13)17(20)19-6-9-23-10-7-19/h2-5,8,11,18H,6-7,9-10,12H2,1H3. The van der Waals surface area contributed by atoms with Crippen molar-refractivity contribution in [2.24, 2.45) is 0 Å². The van der Waals surface area contributed by atoms with Crippen molar-refractivity contribution in [2.45, 2.75) is 18.4 Å². The van der Waals surface area contributed by atoms with Crippen LogP contribution in [0, 0.1) is 6.92 Å². The molecule has 1 aliphatic rings. The Bertz CT molecular complexity index is 840. The summed E-state index contributed by atoms with van der Waals surface area (Å²) in [4.78, 5) is 14.4. The van der Waals surface area contributed by atoms with Crippen LogP contribution in [0.5, 0.6) is 0 Å². The number of carbonyl (C=O) groups excluding carboxylic acids is 1. The number of benzene rings is 1. The number of amides is 1. The van der Waals surface area contributed by atoms with Gasteiger partial charge in [0, 0.05) is 18.7 Å². The predicted octanol–water partition coefficient (Wildman–Crippen LogP) is 1.54. The third kappa shape index (κ3) is 4.09. The molecule has 7 nitrogen and oxygen atoms in total. The SMILES string of the molecule is Cc1ccc(S(=O)(=O)NCc2ccco2)cc1C(=O)N1CCOCC1. The molecule has 1 fully saturated rings. The molecule has 8 heteroatoms. The van der Waals surface area contributed by atoms with Crippen LogP contribution in [-0.4, -0.2) is 45.5 Å². The largest absolute Gasteiger partial charge is 0.468 e. The summed E-state index contributed by atoms with van der Waals surface area (Å²) < 4.78 is 37.8. The number of nitrogens with zero attached hydrogens (tertiary/aromatic N) is 1. The molecule has 0 bridgehead atoms. The molecule has 2 heterocycles. The summed E-state index contributed by atoms with van der Waals surface area (Å²) in [6, 6.07) is 7.95. The fourth-order valence-electron chi connectivity index (χ4n) is 2.60. The van der Waals surface area contributed by atoms with Gasteiger partial charge >= 0.3 is 0 Å². The highest BCUT2D eigenvalue weighted by Crippen LogP contribution is 2.18. The lowest BCUT2D eigenvalue weighted by atomic mass is 10.1. The molecule has 3 rings (SSSR count). The van der Waals surface area contributed by atoms with Crippen LogP contribution in [-0.2, 0) is 21.3 Å². The van der Waals surface area contributed by atoms with E-state index in [4.69, 9.17) is 9.15 Å². The van der Waals surface area contributed by atoms with E-state index in [0.717, 1.165) is 5.56 Å². The second kappa shape index (κ2) is 7.38. The maximum absolute atomic E-state index is 12.7. The zero-order valence-corrected chi connectivity index (χ0v) is 14.7. The van der Waals surface area contributed by atoms with Crippen molar-refractivity contribution in [1.82, 2.24) is 9.62 Å². The number of furan rings is 1. The average Bonchev–Trinajstić information content (AvgIpc) is 3.14. The maximum Gasteiger partial charge on any atom is 0.254 e. The molecule has 1 aromatic heterocycles. The summed E-state index contributed by atoms with van der Waals surface area (Å²) in [6.07, 6.45) is 1.48. The number of morpholine rings is 1. The van der Waals surface area contributed by atoms with Gasteiger partial charge in [-0.2, -0.15) is 0 Å². The van der Waals surface area contributed by atoms with E-state index in [1.54, 1.807) is 30.0 Å². The van der Waals surface area contributed by atoms with E-state index in [1.807, 2.05) is 0 Å². The van der Waals surface area contributed by atoms with E-state index in [9.17, 15) is 13.2 Å². The summed E-state index contributed by atoms with van der Waals surface area (Å²) in [5, 5.41) is 0. The molecule has 1 N–H and O–H groups in total. The zero-order chi connectivity index (χ0) is 17.9. The van der Waals surface area contributed by atoms with Gasteiger partial charge in [-0.05, 0) is 36.8 Å². The number of rotatable bonds is 5. The van der Waals surface area contributed by atoms with Crippen LogP contribution >= 0.6 is 0 Å². The van der Waals surface area contributed by atoms with Gasteiger partial charge in [0.25, 0.3) is 5.91 Å². The Kier molecular flexibility index (Phi) is 5.22. The number of hydrogen-bond donors (Lipinski definition) is 1. The van der Waals surface area contributed by atoms with Crippen molar-refractivity contribution in [3.8, 4) is 0 Å². The summed E-state index contributed by atoms with van der Waals surface area (Å²) in [5.41, 5.74) is 1.13. The number of carbonyl (C=O) groups is 1. The lowest BCUT2D eigenvalue weighted by Crippen LogP contribution is -2.41. The molecule has 2 aromatic rings. The second-order valence-electron chi connectivity index (χ2n) is 5.79. The zero-order valence-electron chi connectivity index (χ0n) is 13.9. The maximum atomic E-state index is 12.7. The minimum atomic E-state index is -3.75. The first-order valence-electron chi connectivity index (χ1n) is 7.97. The van der Waals surface area contributed by atoms with Gasteiger partial charge < -0.3 is 14.1 Å². The van der Waals surface area contributed by atoms with Gasteiger partial charge in [-0.1, -0.05) is 6.07 Å². The van der Waals surface area contributed by atoms with Crippen LogP contribution in [0.2, 0.25) is 0 Å². The fourth-order valence-corrected chi connectivity index (χ4v) is 3.62. The number of hydrogen-bond acceptors (Lipinski definition) is 5. The van der Waals surface area contributed by atoms with Gasteiger partial charge in [-0.3, -0.25) is 4.79 Å². The first-order valence-corrected chi connectivity index (χ1v) is 9.45. The van der Waals surface area contributed by atoms with Gasteiger partial charge in [0.1, 0.15) is 5.76 Å². The Morgan fingerprint density at radius 3 is 2.68 bits per heavy atom. The number of sulfonamides is 1. The summed E-state index contributed by atoms with van der Waals surface area (Å²) >= 11 is 0. The molecular weight excluding hydrogens is 344 g/mol. The lowest BCUT2D eigenvalue weighted by Gasteiger charge is -2.27. The van der Waals surface area contributed by atoms with Gasteiger partial charge in [0.2, 0.25) is 10.0 Å². The Morgan fingerprint density at radius 2 is 2.00 bits per heavy atom. The average molecular weight is 364 g/mol. The number of ether oxygens (including phenoxy) is 1. The highest BCUT2D eigenvalue weighted by molar-refractivity contribution is 7.89. The van der Waals surface area contributed by atoms with Crippen molar-refractivity contribution < 1.29 is 22.4 Å². The van der Waals surface area contributed by atoms with E-state index in [-0.39, 0.29) is 17.3 Å². The van der Waals surface area contributed by atoms with Crippen LogP contribution in [0.15, 0.2) is 45.9 Å². The van der Waals surface area contributed by atoms with E-state index >= 15 is 0 Å². The Balaban J connectivity index is 1.81. The molecule has 0 saturated carbocycles. The van der Waals surface area contributed by atoms with Crippen molar-refractivity contribution in [2.75, 3.05) is 26.3 Å². The molecule has 0 unspecified atom stereocenters. The van der Waals surface area contributed by atoms with Gasteiger partial charge in [-0.25, -0.2) is 13.1 Å². The summed E-state index contributed by atoms with van der Waals surface area (Å²) in [5.74, 6) is 0.337. The molecule has 25 heavy (non-hydrogen) atoms. The van der Waals surface area contributed by atoms with Crippen molar-refractivity contribution in [1.29, 1.82) is 0 Å². The van der Waals surface area contributed by atoms with Crippen molar-refractivity contribution >= 4 is 15.9 Å². The van der Waals surface area contributed by atoms with Crippen LogP contribution < -0.4 is 4.72 Å². The number of nitrogens with one attached hydrogen (secondary N) is 1. The molecule has 0 radical (unpaired) electrons. The normalized spacial score (nSPS) is 15.3. The lowest BCUT2D eigenvalue weighted by molar-refractivity contribution is 0.0302. The van der Waals surface area contributed by atoms with Crippen LogP contribution in [0.3, 0.4) is 0 Å². The van der Waals surface area contributed by atoms with E-state index in [0.29, 0.717) is 37.6 Å². The Labute approximate surface area is 146 Å². The van der Waals surface area contributed by atoms with Gasteiger partial charge in [0.05, 0.1) is 30.9 Å². The second-order valence-corrected chi connectivity index (χ2v) is 7.55. The van der Waals surface area contributed by atoms with Crippen LogP contribution in [0.25, 0.3) is 0 Å². The molecular formula is C17H20N2O5S. The summed E-state index contributed by atoms with van der Waals surface area (Å²) in [6.45, 7) is 3.84. The number of aryl methyl sites for hydroxylation is 1. The highest BCUT2D eigenvalue weighted by Gasteiger charge is 2.23. The first kappa shape index (κ1) is 17.7. The monoisotopic (exact) mass is 364 g/mol. The molecule has 1 aliphatic heterocycles. The van der Waals surface area contributed by atoms with E-state index < -0.39 is 10.0 Å². The minimum absolute atomic E-state index is 0.0515. The Morgan fingerprint density at radius 1 is 1.24 bits per heavy atom. The van der Waals surface area contributed by atoms with Crippen molar-refractivity contribution in [3.05, 3.63) is 53.5 Å². The van der Waals surface area contributed by atoms with Crippen molar-refractivity contribution in [3.63, 3.8) is 0 Å². The third-order valence-electron chi connectivity index (χ3n) is 4.06.